The van der Waals surface area contributed by atoms with E-state index in [9.17, 15) is 5.11 Å². The number of hydrogen-bond acceptors (Lipinski definition) is 3. The van der Waals surface area contributed by atoms with Crippen molar-refractivity contribution in [3.63, 3.8) is 0 Å². The molecule has 6 aliphatic rings. The topological polar surface area (TPSA) is 38.7 Å². The van der Waals surface area contributed by atoms with Gasteiger partial charge in [0.1, 0.15) is 6.10 Å². The van der Waals surface area contributed by atoms with Crippen LogP contribution in [0.15, 0.2) is 0 Å². The summed E-state index contributed by atoms with van der Waals surface area (Å²) in [5.74, 6) is 4.16. The fraction of sp³-hybridized carbons (Fsp3) is 1.00. The molecule has 3 nitrogen and oxygen atoms in total. The minimum atomic E-state index is -0.736. The second-order valence-corrected chi connectivity index (χ2v) is 13.0. The van der Waals surface area contributed by atoms with Gasteiger partial charge in [0.2, 0.25) is 0 Å². The largest absolute Gasteiger partial charge is 0.387 e. The van der Waals surface area contributed by atoms with Gasteiger partial charge in [-0.15, -0.1) is 0 Å². The van der Waals surface area contributed by atoms with E-state index < -0.39 is 11.9 Å². The van der Waals surface area contributed by atoms with Gasteiger partial charge in [0.05, 0.1) is 12.7 Å². The van der Waals surface area contributed by atoms with Crippen LogP contribution in [0.1, 0.15) is 91.9 Å². The van der Waals surface area contributed by atoms with Crippen LogP contribution in [0.2, 0.25) is 0 Å². The van der Waals surface area contributed by atoms with Crippen LogP contribution in [0.5, 0.6) is 0 Å². The predicted octanol–water partition coefficient (Wildman–Crippen LogP) is 5.79. The number of aliphatic hydroxyl groups is 1. The minimum absolute atomic E-state index is 0.286. The van der Waals surface area contributed by atoms with E-state index in [1.807, 2.05) is 0 Å². The summed E-state index contributed by atoms with van der Waals surface area (Å²) in [5.41, 5.74) is 0.964. The van der Waals surface area contributed by atoms with Crippen LogP contribution in [0.4, 0.5) is 0 Å². The first-order chi connectivity index (χ1) is 14.3. The van der Waals surface area contributed by atoms with Gasteiger partial charge in [0.25, 0.3) is 0 Å². The Kier molecular flexibility index (Phi) is 4.58. The second kappa shape index (κ2) is 6.70. The molecule has 12 atom stereocenters. The maximum atomic E-state index is 11.0. The Hall–Kier alpha value is -0.120. The second-order valence-electron chi connectivity index (χ2n) is 13.0. The van der Waals surface area contributed by atoms with Crippen molar-refractivity contribution in [1.82, 2.24) is 0 Å². The van der Waals surface area contributed by atoms with Crippen molar-refractivity contribution in [2.45, 2.75) is 110 Å². The van der Waals surface area contributed by atoms with E-state index in [1.165, 1.54) is 57.8 Å². The maximum Gasteiger partial charge on any atom is 0.197 e. The number of aliphatic hydroxyl groups excluding tert-OH is 1. The number of rotatable bonds is 0. The lowest BCUT2D eigenvalue weighted by Gasteiger charge is -2.61. The summed E-state index contributed by atoms with van der Waals surface area (Å²) in [7, 11) is 0. The molecule has 0 aromatic carbocycles. The molecule has 30 heavy (non-hydrogen) atoms. The van der Waals surface area contributed by atoms with E-state index >= 15 is 0 Å². The molecule has 6 rings (SSSR count). The Morgan fingerprint density at radius 3 is 2.50 bits per heavy atom. The molecule has 0 amide bonds. The third-order valence-electron chi connectivity index (χ3n) is 11.9. The van der Waals surface area contributed by atoms with Crippen LogP contribution < -0.4 is 0 Å². The van der Waals surface area contributed by atoms with Crippen molar-refractivity contribution in [2.75, 3.05) is 6.61 Å². The summed E-state index contributed by atoms with van der Waals surface area (Å²) in [5, 5.41) is 11.0. The van der Waals surface area contributed by atoms with Crippen LogP contribution in [0.25, 0.3) is 0 Å². The summed E-state index contributed by atoms with van der Waals surface area (Å²) < 4.78 is 13.1. The number of fused-ring (bicyclic) bond motifs is 7. The average molecular weight is 417 g/mol. The third-order valence-corrected chi connectivity index (χ3v) is 11.9. The van der Waals surface area contributed by atoms with Crippen LogP contribution in [0.3, 0.4) is 0 Å². The molecule has 2 aliphatic heterocycles. The molecule has 4 aliphatic carbocycles. The van der Waals surface area contributed by atoms with Crippen LogP contribution >= 0.6 is 0 Å². The van der Waals surface area contributed by atoms with E-state index in [0.717, 1.165) is 36.7 Å². The first-order valence-electron chi connectivity index (χ1n) is 13.3. The minimum Gasteiger partial charge on any atom is -0.387 e. The molecule has 1 unspecified atom stereocenters. The van der Waals surface area contributed by atoms with Gasteiger partial charge in [-0.2, -0.15) is 0 Å². The van der Waals surface area contributed by atoms with Crippen molar-refractivity contribution in [3.8, 4) is 0 Å². The van der Waals surface area contributed by atoms with E-state index in [2.05, 4.69) is 27.7 Å². The highest BCUT2D eigenvalue weighted by Gasteiger charge is 2.70. The molecule has 1 N–H and O–H groups in total. The number of ether oxygens (including phenoxy) is 2. The van der Waals surface area contributed by atoms with Gasteiger partial charge in [0, 0.05) is 5.92 Å². The molecule has 2 saturated heterocycles. The Labute approximate surface area is 183 Å². The van der Waals surface area contributed by atoms with Crippen LogP contribution in [-0.4, -0.2) is 29.7 Å². The quantitative estimate of drug-likeness (QED) is 0.543. The zero-order valence-corrected chi connectivity index (χ0v) is 19.7. The molecular formula is C27H44O3. The lowest BCUT2D eigenvalue weighted by molar-refractivity contribution is -0.316. The average Bonchev–Trinajstić information content (AvgIpc) is 3.16. The van der Waals surface area contributed by atoms with Gasteiger partial charge in [0.15, 0.2) is 5.79 Å². The molecule has 0 aromatic heterocycles. The van der Waals surface area contributed by atoms with Crippen LogP contribution in [0, 0.1) is 52.3 Å². The monoisotopic (exact) mass is 416 g/mol. The summed E-state index contributed by atoms with van der Waals surface area (Å²) in [6, 6.07) is 0. The molecule has 0 radical (unpaired) electrons. The standard InChI is InChI=1S/C27H44O3/c1-16-13-23(28)27(29-15-16)17(2)24-22(30-27)14-21-19-9-8-18-7-5-6-11-25(18,3)20(19)10-12-26(21,24)4/h16-24,28H,5-15H2,1-4H3/t16-,17+,18-,19-,20+,21+,22+,23?,24+,25+,26+,27+/m1/s1. The van der Waals surface area contributed by atoms with Gasteiger partial charge in [-0.3, -0.25) is 0 Å². The van der Waals surface area contributed by atoms with Crippen molar-refractivity contribution >= 4 is 0 Å². The zero-order chi connectivity index (χ0) is 20.9. The highest BCUT2D eigenvalue weighted by atomic mass is 16.7. The van der Waals surface area contributed by atoms with Crippen molar-refractivity contribution in [3.05, 3.63) is 0 Å². The Bertz CT molecular complexity index is 694. The van der Waals surface area contributed by atoms with Gasteiger partial charge in [-0.25, -0.2) is 0 Å². The fourth-order valence-corrected chi connectivity index (χ4v) is 10.5. The number of hydrogen-bond donors (Lipinski definition) is 1. The van der Waals surface area contributed by atoms with E-state index in [1.54, 1.807) is 0 Å². The van der Waals surface area contributed by atoms with Gasteiger partial charge >= 0.3 is 0 Å². The first-order valence-corrected chi connectivity index (χ1v) is 13.3. The Morgan fingerprint density at radius 2 is 1.70 bits per heavy atom. The van der Waals surface area contributed by atoms with Gasteiger partial charge in [-0.1, -0.05) is 40.5 Å². The molecule has 1 spiro atoms. The molecule has 6 fully saturated rings. The molecule has 0 aromatic rings. The summed E-state index contributed by atoms with van der Waals surface area (Å²) >= 11 is 0. The lowest BCUT2D eigenvalue weighted by Crippen LogP contribution is -2.57. The zero-order valence-electron chi connectivity index (χ0n) is 19.7. The highest BCUT2D eigenvalue weighted by Crippen LogP contribution is 2.71. The van der Waals surface area contributed by atoms with E-state index in [4.69, 9.17) is 9.47 Å². The summed E-state index contributed by atoms with van der Waals surface area (Å²) in [6.07, 6.45) is 13.4. The summed E-state index contributed by atoms with van der Waals surface area (Å²) in [6.45, 7) is 10.5. The van der Waals surface area contributed by atoms with Crippen molar-refractivity contribution in [2.24, 2.45) is 52.3 Å². The molecule has 4 saturated carbocycles. The highest BCUT2D eigenvalue weighted by molar-refractivity contribution is 5.16. The first kappa shape index (κ1) is 20.5. The Morgan fingerprint density at radius 1 is 0.867 bits per heavy atom. The normalized spacial score (nSPS) is 62.5. The SMILES string of the molecule is C[C@H]1CO[C@@]2(O[C@H]3C[C@H]4[C@@H]5CC[C@H]6CCCC[C@]6(C)[C@H]5CC[C@]4(C)[C@H]3[C@@H]2C)C(O)C1. The van der Waals surface area contributed by atoms with E-state index in [-0.39, 0.29) is 12.0 Å². The molecule has 170 valence electrons. The lowest BCUT2D eigenvalue weighted by atomic mass is 9.44. The fourth-order valence-electron chi connectivity index (χ4n) is 10.5. The van der Waals surface area contributed by atoms with Crippen molar-refractivity contribution in [1.29, 1.82) is 0 Å². The van der Waals surface area contributed by atoms with Gasteiger partial charge in [-0.05, 0) is 97.7 Å². The van der Waals surface area contributed by atoms with Gasteiger partial charge < -0.3 is 14.6 Å². The van der Waals surface area contributed by atoms with Crippen molar-refractivity contribution < 1.29 is 14.6 Å². The summed E-state index contributed by atoms with van der Waals surface area (Å²) in [4.78, 5) is 0. The molecular weight excluding hydrogens is 372 g/mol. The molecule has 3 heteroatoms. The third kappa shape index (κ3) is 2.49. The van der Waals surface area contributed by atoms with Crippen LogP contribution in [-0.2, 0) is 9.47 Å². The predicted molar refractivity (Wildman–Crippen MR) is 118 cm³/mol. The molecule has 0 bridgehead atoms. The smallest absolute Gasteiger partial charge is 0.197 e. The Balaban J connectivity index is 1.28. The van der Waals surface area contributed by atoms with E-state index in [0.29, 0.717) is 22.7 Å². The molecule has 2 heterocycles. The maximum absolute atomic E-state index is 11.0.